The van der Waals surface area contributed by atoms with E-state index in [9.17, 15) is 22.0 Å². The Hall–Kier alpha value is -3.67. The maximum atomic E-state index is 14.3. The van der Waals surface area contributed by atoms with Crippen molar-refractivity contribution in [1.29, 1.82) is 5.41 Å². The molecule has 0 saturated carbocycles. The molecule has 0 atom stereocenters. The highest BCUT2D eigenvalue weighted by atomic mass is 19.4. The number of ether oxygens (including phenoxy) is 1. The number of hydrogen-bond acceptors (Lipinski definition) is 6. The number of nitrogens with zero attached hydrogens (tertiary/aromatic N) is 3. The minimum atomic E-state index is -4.92. The predicted octanol–water partition coefficient (Wildman–Crippen LogP) is 4.40. The minimum absolute atomic E-state index is 0.106. The Bertz CT molecular complexity index is 1180. The summed E-state index contributed by atoms with van der Waals surface area (Å²) in [5.74, 6) is -2.68. The monoisotopic (exact) mass is 478 g/mol. The molecule has 34 heavy (non-hydrogen) atoms. The van der Waals surface area contributed by atoms with Crippen LogP contribution < -0.4 is 15.4 Å². The van der Waals surface area contributed by atoms with Crippen molar-refractivity contribution in [3.05, 3.63) is 65.7 Å². The van der Waals surface area contributed by atoms with Gasteiger partial charge < -0.3 is 15.4 Å². The number of anilines is 1. The van der Waals surface area contributed by atoms with Crippen LogP contribution in [0.1, 0.15) is 24.1 Å². The molecular weight excluding hydrogens is 459 g/mol. The lowest BCUT2D eigenvalue weighted by atomic mass is 10.0. The second-order valence-electron chi connectivity index (χ2n) is 7.50. The summed E-state index contributed by atoms with van der Waals surface area (Å²) in [6.45, 7) is 1.55. The number of amidine groups is 1. The van der Waals surface area contributed by atoms with E-state index in [1.165, 1.54) is 12.5 Å². The number of aromatic nitrogens is 3. The Kier molecular flexibility index (Phi) is 6.68. The Morgan fingerprint density at radius 3 is 2.47 bits per heavy atom. The van der Waals surface area contributed by atoms with Gasteiger partial charge in [-0.3, -0.25) is 5.41 Å². The highest BCUT2D eigenvalue weighted by molar-refractivity contribution is 6.05. The molecule has 1 aliphatic rings. The molecule has 0 spiro atoms. The molecule has 12 heteroatoms. The van der Waals surface area contributed by atoms with Gasteiger partial charge in [0.2, 0.25) is 5.88 Å². The summed E-state index contributed by atoms with van der Waals surface area (Å²) in [6.07, 6.45) is -0.919. The number of nitrogens with one attached hydrogen (secondary N) is 3. The van der Waals surface area contributed by atoms with Crippen LogP contribution >= 0.6 is 0 Å². The van der Waals surface area contributed by atoms with Gasteiger partial charge in [0.25, 0.3) is 0 Å². The summed E-state index contributed by atoms with van der Waals surface area (Å²) in [5, 5.41) is 14.2. The second kappa shape index (κ2) is 9.67. The van der Waals surface area contributed by atoms with Crippen LogP contribution in [0.4, 0.5) is 27.6 Å². The average Bonchev–Trinajstić information content (AvgIpc) is 2.80. The summed E-state index contributed by atoms with van der Waals surface area (Å²) in [4.78, 5) is 11.8. The van der Waals surface area contributed by atoms with Gasteiger partial charge in [-0.05, 0) is 50.2 Å². The molecular formula is C22H19F5N6O. The first-order valence-electron chi connectivity index (χ1n) is 10.3. The maximum absolute atomic E-state index is 14.3. The number of benzene rings is 1. The van der Waals surface area contributed by atoms with E-state index >= 15 is 0 Å². The van der Waals surface area contributed by atoms with Crippen molar-refractivity contribution in [1.82, 2.24) is 20.3 Å². The van der Waals surface area contributed by atoms with E-state index in [0.717, 1.165) is 50.2 Å². The van der Waals surface area contributed by atoms with Crippen LogP contribution in [-0.4, -0.2) is 40.0 Å². The average molecular weight is 478 g/mol. The number of alkyl halides is 3. The lowest BCUT2D eigenvalue weighted by Crippen LogP contribution is -2.34. The first kappa shape index (κ1) is 23.5. The smallest absolute Gasteiger partial charge is 0.418 e. The van der Waals surface area contributed by atoms with Crippen LogP contribution in [0.2, 0.25) is 0 Å². The Morgan fingerprint density at radius 2 is 1.79 bits per heavy atom. The summed E-state index contributed by atoms with van der Waals surface area (Å²) in [7, 11) is 0. The molecule has 0 bridgehead atoms. The van der Waals surface area contributed by atoms with E-state index in [1.807, 2.05) is 0 Å². The molecule has 178 valence electrons. The van der Waals surface area contributed by atoms with Crippen molar-refractivity contribution in [2.75, 3.05) is 18.4 Å². The summed E-state index contributed by atoms with van der Waals surface area (Å²) in [5.41, 5.74) is -3.29. The molecule has 0 amide bonds. The highest BCUT2D eigenvalue weighted by Crippen LogP contribution is 2.38. The van der Waals surface area contributed by atoms with E-state index < -0.39 is 40.5 Å². The van der Waals surface area contributed by atoms with E-state index in [-0.39, 0.29) is 23.4 Å². The number of halogens is 5. The van der Waals surface area contributed by atoms with Crippen LogP contribution in [0, 0.1) is 17.0 Å². The largest absolute Gasteiger partial charge is 0.473 e. The second-order valence-corrected chi connectivity index (χ2v) is 7.50. The van der Waals surface area contributed by atoms with Gasteiger partial charge in [0.15, 0.2) is 0 Å². The third-order valence-electron chi connectivity index (χ3n) is 5.16. The lowest BCUT2D eigenvalue weighted by molar-refractivity contribution is -0.137. The molecule has 1 aliphatic heterocycles. The third kappa shape index (κ3) is 5.11. The molecule has 0 aliphatic carbocycles. The Morgan fingerprint density at radius 1 is 1.09 bits per heavy atom. The molecule has 1 fully saturated rings. The number of pyridine rings is 1. The molecule has 2 aromatic heterocycles. The van der Waals surface area contributed by atoms with Gasteiger partial charge in [-0.25, -0.2) is 18.7 Å². The summed E-state index contributed by atoms with van der Waals surface area (Å²) < 4.78 is 75.2. The normalized spacial score (nSPS) is 14.6. The first-order valence-corrected chi connectivity index (χ1v) is 10.3. The molecule has 4 rings (SSSR count). The molecule has 1 saturated heterocycles. The first-order chi connectivity index (χ1) is 16.2. The fraction of sp³-hybridized carbons (Fsp3) is 0.273. The van der Waals surface area contributed by atoms with Crippen molar-refractivity contribution < 1.29 is 26.7 Å². The molecule has 0 radical (unpaired) electrons. The van der Waals surface area contributed by atoms with Crippen LogP contribution in [-0.2, 0) is 6.18 Å². The quantitative estimate of drug-likeness (QED) is 0.286. The Labute approximate surface area is 190 Å². The van der Waals surface area contributed by atoms with Crippen LogP contribution in [0.15, 0.2) is 42.9 Å². The van der Waals surface area contributed by atoms with Gasteiger partial charge in [-0.1, -0.05) is 6.07 Å². The summed E-state index contributed by atoms with van der Waals surface area (Å²) in [6, 6.07) is 4.28. The van der Waals surface area contributed by atoms with Crippen LogP contribution in [0.5, 0.6) is 5.88 Å². The van der Waals surface area contributed by atoms with Crippen LogP contribution in [0.25, 0.3) is 11.3 Å². The number of hydrogen-bond donors (Lipinski definition) is 3. The van der Waals surface area contributed by atoms with Gasteiger partial charge in [-0.2, -0.15) is 18.2 Å². The zero-order valence-corrected chi connectivity index (χ0v) is 17.6. The van der Waals surface area contributed by atoms with E-state index in [4.69, 9.17) is 10.1 Å². The summed E-state index contributed by atoms with van der Waals surface area (Å²) >= 11 is 0. The number of rotatable bonds is 5. The van der Waals surface area contributed by atoms with Crippen molar-refractivity contribution in [3.8, 4) is 17.1 Å². The molecule has 3 heterocycles. The molecule has 3 N–H and O–H groups in total. The topological polar surface area (TPSA) is 95.8 Å². The Balaban J connectivity index is 1.66. The SMILES string of the molecule is N=C(Nc1cncnc1OC1CCNCC1)c1ccc(C(F)(F)F)c(-c2c(F)cccc2F)n1. The third-order valence-corrected chi connectivity index (χ3v) is 5.16. The van der Waals surface area contributed by atoms with Gasteiger partial charge >= 0.3 is 6.18 Å². The van der Waals surface area contributed by atoms with Gasteiger partial charge in [0, 0.05) is 0 Å². The van der Waals surface area contributed by atoms with Crippen molar-refractivity contribution >= 4 is 11.5 Å². The van der Waals surface area contributed by atoms with E-state index in [1.54, 1.807) is 0 Å². The zero-order valence-electron chi connectivity index (χ0n) is 17.6. The minimum Gasteiger partial charge on any atom is -0.473 e. The van der Waals surface area contributed by atoms with Crippen molar-refractivity contribution in [2.45, 2.75) is 25.1 Å². The van der Waals surface area contributed by atoms with Crippen molar-refractivity contribution in [3.63, 3.8) is 0 Å². The van der Waals surface area contributed by atoms with Crippen molar-refractivity contribution in [2.24, 2.45) is 0 Å². The maximum Gasteiger partial charge on any atom is 0.418 e. The van der Waals surface area contributed by atoms with Gasteiger partial charge in [0.1, 0.15) is 41.3 Å². The molecule has 3 aromatic rings. The molecule has 1 aromatic carbocycles. The fourth-order valence-corrected chi connectivity index (χ4v) is 3.51. The fourth-order valence-electron chi connectivity index (χ4n) is 3.51. The van der Waals surface area contributed by atoms with E-state index in [0.29, 0.717) is 6.07 Å². The zero-order chi connectivity index (χ0) is 24.3. The van der Waals surface area contributed by atoms with Gasteiger partial charge in [0.05, 0.1) is 23.0 Å². The van der Waals surface area contributed by atoms with Gasteiger partial charge in [-0.15, -0.1) is 0 Å². The predicted molar refractivity (Wildman–Crippen MR) is 114 cm³/mol. The van der Waals surface area contributed by atoms with E-state index in [2.05, 4.69) is 25.6 Å². The standard InChI is InChI=1S/C22H19F5N6O/c23-14-2-1-3-15(24)18(14)19-13(22(25,26)27)4-5-16(32-19)20(28)33-17-10-30-11-31-21(17)34-12-6-8-29-9-7-12/h1-5,10-12,29H,6-9H2,(H2,28,33). The van der Waals surface area contributed by atoms with Crippen LogP contribution in [0.3, 0.4) is 0 Å². The number of piperidine rings is 1. The molecule has 0 unspecified atom stereocenters. The molecule has 7 nitrogen and oxygen atoms in total. The highest BCUT2D eigenvalue weighted by Gasteiger charge is 2.36. The lowest BCUT2D eigenvalue weighted by Gasteiger charge is -2.24.